The summed E-state index contributed by atoms with van der Waals surface area (Å²) in [6.07, 6.45) is 3.69. The highest BCUT2D eigenvalue weighted by Crippen LogP contribution is 2.50. The lowest BCUT2D eigenvalue weighted by atomic mass is 9.82. The van der Waals surface area contributed by atoms with Gasteiger partial charge in [-0.3, -0.25) is 0 Å². The largest absolute Gasteiger partial charge is 0.478 e. The molecule has 1 aromatic carbocycles. The van der Waals surface area contributed by atoms with Gasteiger partial charge in [-0.05, 0) is 36.5 Å². The Morgan fingerprint density at radius 3 is 2.89 bits per heavy atom. The van der Waals surface area contributed by atoms with E-state index in [1.54, 1.807) is 23.5 Å². The van der Waals surface area contributed by atoms with E-state index in [2.05, 4.69) is 13.8 Å². The Kier molecular flexibility index (Phi) is 2.86. The predicted molar refractivity (Wildman–Crippen MR) is 77.0 cm³/mol. The highest BCUT2D eigenvalue weighted by atomic mass is 32.1. The Bertz CT molecular complexity index is 645. The number of carboxylic acid groups (broad SMARTS) is 1. The summed E-state index contributed by atoms with van der Waals surface area (Å²) in [5.74, 6) is -0.365. The van der Waals surface area contributed by atoms with Crippen LogP contribution >= 0.6 is 11.3 Å². The molecule has 3 nitrogen and oxygen atoms in total. The second-order valence-corrected chi connectivity index (χ2v) is 7.04. The van der Waals surface area contributed by atoms with Gasteiger partial charge in [-0.1, -0.05) is 20.3 Å². The van der Waals surface area contributed by atoms with Crippen molar-refractivity contribution in [1.29, 1.82) is 0 Å². The van der Waals surface area contributed by atoms with Crippen molar-refractivity contribution in [3.63, 3.8) is 0 Å². The highest BCUT2D eigenvalue weighted by Gasteiger charge is 2.37. The number of aromatic nitrogens is 1. The van der Waals surface area contributed by atoms with Crippen molar-refractivity contribution in [2.45, 2.75) is 39.0 Å². The third-order valence-electron chi connectivity index (χ3n) is 4.21. The zero-order chi connectivity index (χ0) is 13.6. The minimum Gasteiger partial charge on any atom is -0.478 e. The van der Waals surface area contributed by atoms with Crippen LogP contribution in [0.4, 0.5) is 0 Å². The quantitative estimate of drug-likeness (QED) is 0.889. The van der Waals surface area contributed by atoms with E-state index in [1.807, 2.05) is 6.07 Å². The smallest absolute Gasteiger partial charge is 0.335 e. The molecule has 0 radical (unpaired) electrons. The zero-order valence-electron chi connectivity index (χ0n) is 11.1. The van der Waals surface area contributed by atoms with Crippen LogP contribution in [0.3, 0.4) is 0 Å². The van der Waals surface area contributed by atoms with Crippen molar-refractivity contribution in [3.8, 4) is 0 Å². The number of aromatic carboxylic acids is 1. The monoisotopic (exact) mass is 275 g/mol. The second-order valence-electron chi connectivity index (χ2n) is 5.97. The minimum absolute atomic E-state index is 0.309. The summed E-state index contributed by atoms with van der Waals surface area (Å²) in [6, 6.07) is 5.19. The Balaban J connectivity index is 2.04. The van der Waals surface area contributed by atoms with Crippen LogP contribution in [0.5, 0.6) is 0 Å². The van der Waals surface area contributed by atoms with Gasteiger partial charge >= 0.3 is 5.97 Å². The number of fused-ring (bicyclic) bond motifs is 1. The Morgan fingerprint density at radius 1 is 1.47 bits per heavy atom. The summed E-state index contributed by atoms with van der Waals surface area (Å²) < 4.78 is 0.984. The molecule has 1 unspecified atom stereocenters. The van der Waals surface area contributed by atoms with E-state index in [1.165, 1.54) is 24.3 Å². The molecule has 0 saturated heterocycles. The fourth-order valence-corrected chi connectivity index (χ4v) is 4.36. The van der Waals surface area contributed by atoms with Gasteiger partial charge < -0.3 is 5.11 Å². The van der Waals surface area contributed by atoms with Crippen LogP contribution < -0.4 is 0 Å². The first-order valence-electron chi connectivity index (χ1n) is 6.61. The summed E-state index contributed by atoms with van der Waals surface area (Å²) in [4.78, 5) is 15.7. The standard InChI is InChI=1S/C15H17NO2S/c1-15(2)7-3-4-10(15)13-16-11-6-5-9(14(17)18)8-12(11)19-13/h5-6,8,10H,3-4,7H2,1-2H3,(H,17,18). The van der Waals surface area contributed by atoms with E-state index in [9.17, 15) is 4.79 Å². The van der Waals surface area contributed by atoms with Crippen molar-refractivity contribution in [2.24, 2.45) is 5.41 Å². The molecule has 1 N–H and O–H groups in total. The van der Waals surface area contributed by atoms with E-state index in [4.69, 9.17) is 10.1 Å². The van der Waals surface area contributed by atoms with Crippen LogP contribution in [0.15, 0.2) is 18.2 Å². The first-order valence-corrected chi connectivity index (χ1v) is 7.43. The number of carbonyl (C=O) groups is 1. The van der Waals surface area contributed by atoms with Gasteiger partial charge in [0.25, 0.3) is 0 Å². The fourth-order valence-electron chi connectivity index (χ4n) is 3.01. The molecule has 4 heteroatoms. The molecule has 0 amide bonds. The van der Waals surface area contributed by atoms with Gasteiger partial charge in [0.2, 0.25) is 0 Å². The number of nitrogens with zero attached hydrogens (tertiary/aromatic N) is 1. The molecule has 100 valence electrons. The van der Waals surface area contributed by atoms with Gasteiger partial charge in [0.05, 0.1) is 20.8 Å². The van der Waals surface area contributed by atoms with Gasteiger partial charge in [-0.15, -0.1) is 11.3 Å². The summed E-state index contributed by atoms with van der Waals surface area (Å²) in [7, 11) is 0. The lowest BCUT2D eigenvalue weighted by molar-refractivity contribution is 0.0697. The SMILES string of the molecule is CC1(C)CCCC1c1nc2ccc(C(=O)O)cc2s1. The number of thiazole rings is 1. The molecular formula is C15H17NO2S. The van der Waals surface area contributed by atoms with Crippen molar-refractivity contribution in [2.75, 3.05) is 0 Å². The molecule has 1 atom stereocenters. The van der Waals surface area contributed by atoms with Crippen LogP contribution in [-0.2, 0) is 0 Å². The molecule has 1 heterocycles. The van der Waals surface area contributed by atoms with E-state index in [-0.39, 0.29) is 0 Å². The van der Waals surface area contributed by atoms with Crippen molar-refractivity contribution >= 4 is 27.5 Å². The number of benzene rings is 1. The Hall–Kier alpha value is -1.42. The van der Waals surface area contributed by atoms with E-state index >= 15 is 0 Å². The first-order chi connectivity index (χ1) is 8.97. The van der Waals surface area contributed by atoms with Gasteiger partial charge in [0.1, 0.15) is 0 Å². The molecular weight excluding hydrogens is 258 g/mol. The third-order valence-corrected chi connectivity index (χ3v) is 5.34. The molecule has 1 fully saturated rings. The molecule has 1 aliphatic carbocycles. The maximum atomic E-state index is 11.0. The van der Waals surface area contributed by atoms with Gasteiger partial charge in [-0.25, -0.2) is 9.78 Å². The minimum atomic E-state index is -0.877. The molecule has 3 rings (SSSR count). The molecule has 1 aromatic heterocycles. The maximum absolute atomic E-state index is 11.0. The van der Waals surface area contributed by atoms with Crippen LogP contribution in [0.2, 0.25) is 0 Å². The maximum Gasteiger partial charge on any atom is 0.335 e. The number of hydrogen-bond acceptors (Lipinski definition) is 3. The van der Waals surface area contributed by atoms with Crippen LogP contribution in [0, 0.1) is 5.41 Å². The number of rotatable bonds is 2. The molecule has 1 aliphatic rings. The molecule has 0 bridgehead atoms. The van der Waals surface area contributed by atoms with E-state index in [0.717, 1.165) is 10.2 Å². The van der Waals surface area contributed by atoms with Crippen LogP contribution in [0.1, 0.15) is 54.4 Å². The van der Waals surface area contributed by atoms with Crippen LogP contribution in [-0.4, -0.2) is 16.1 Å². The fraction of sp³-hybridized carbons (Fsp3) is 0.467. The summed E-state index contributed by atoms with van der Waals surface area (Å²) in [5, 5.41) is 10.2. The predicted octanol–water partition coefficient (Wildman–Crippen LogP) is 4.29. The average molecular weight is 275 g/mol. The molecule has 0 spiro atoms. The first kappa shape index (κ1) is 12.6. The Labute approximate surface area is 116 Å². The van der Waals surface area contributed by atoms with Crippen molar-refractivity contribution < 1.29 is 9.90 Å². The molecule has 1 saturated carbocycles. The summed E-state index contributed by atoms with van der Waals surface area (Å²) >= 11 is 1.65. The second kappa shape index (κ2) is 4.30. The lowest BCUT2D eigenvalue weighted by Crippen LogP contribution is -2.14. The van der Waals surface area contributed by atoms with Crippen LogP contribution in [0.25, 0.3) is 10.2 Å². The number of hydrogen-bond donors (Lipinski definition) is 1. The average Bonchev–Trinajstić information content (AvgIpc) is 2.89. The highest BCUT2D eigenvalue weighted by molar-refractivity contribution is 7.18. The van der Waals surface area contributed by atoms with Gasteiger partial charge in [-0.2, -0.15) is 0 Å². The summed E-state index contributed by atoms with van der Waals surface area (Å²) in [6.45, 7) is 4.61. The topological polar surface area (TPSA) is 50.2 Å². The molecule has 2 aromatic rings. The van der Waals surface area contributed by atoms with Gasteiger partial charge in [0, 0.05) is 5.92 Å². The third kappa shape index (κ3) is 2.14. The normalized spacial score (nSPS) is 21.9. The van der Waals surface area contributed by atoms with E-state index in [0.29, 0.717) is 16.9 Å². The van der Waals surface area contributed by atoms with Crippen molar-refractivity contribution in [1.82, 2.24) is 4.98 Å². The zero-order valence-corrected chi connectivity index (χ0v) is 12.0. The number of carboxylic acids is 1. The van der Waals surface area contributed by atoms with E-state index < -0.39 is 5.97 Å². The van der Waals surface area contributed by atoms with Crippen molar-refractivity contribution in [3.05, 3.63) is 28.8 Å². The molecule has 19 heavy (non-hydrogen) atoms. The lowest BCUT2D eigenvalue weighted by Gasteiger charge is -2.24. The van der Waals surface area contributed by atoms with Gasteiger partial charge in [0.15, 0.2) is 0 Å². The molecule has 0 aliphatic heterocycles. The Morgan fingerprint density at radius 2 is 2.26 bits per heavy atom. The summed E-state index contributed by atoms with van der Waals surface area (Å²) in [5.41, 5.74) is 1.57.